The highest BCUT2D eigenvalue weighted by Gasteiger charge is 2.35. The van der Waals surface area contributed by atoms with E-state index in [2.05, 4.69) is 5.32 Å². The average molecular weight is 596 g/mol. The van der Waals surface area contributed by atoms with Crippen LogP contribution in [0.15, 0.2) is 42.5 Å². The highest BCUT2D eigenvalue weighted by atomic mass is 35.5. The SMILES string of the molecule is CCC(C)NC(=O)C(CC)N(Cc1c(Cl)cccc1Cl)C(=O)CN(c1cccc(C(F)(F)F)c1)S(C)(=O)=O. The van der Waals surface area contributed by atoms with Gasteiger partial charge in [0.2, 0.25) is 21.8 Å². The number of anilines is 1. The van der Waals surface area contributed by atoms with Crippen LogP contribution in [-0.2, 0) is 32.3 Å². The van der Waals surface area contributed by atoms with Crippen LogP contribution in [0, 0.1) is 0 Å². The van der Waals surface area contributed by atoms with Crippen LogP contribution in [0.25, 0.3) is 0 Å². The second kappa shape index (κ2) is 13.0. The van der Waals surface area contributed by atoms with Gasteiger partial charge in [-0.15, -0.1) is 0 Å². The summed E-state index contributed by atoms with van der Waals surface area (Å²) in [6.45, 7) is 4.26. The van der Waals surface area contributed by atoms with Crippen molar-refractivity contribution in [3.63, 3.8) is 0 Å². The quantitative estimate of drug-likeness (QED) is 0.371. The van der Waals surface area contributed by atoms with E-state index in [-0.39, 0.29) is 34.7 Å². The first-order chi connectivity index (χ1) is 17.6. The van der Waals surface area contributed by atoms with E-state index in [0.29, 0.717) is 22.4 Å². The smallest absolute Gasteiger partial charge is 0.352 e. The number of carbonyl (C=O) groups excluding carboxylic acids is 2. The van der Waals surface area contributed by atoms with Gasteiger partial charge in [-0.05, 0) is 50.1 Å². The Morgan fingerprint density at radius 3 is 2.11 bits per heavy atom. The van der Waals surface area contributed by atoms with E-state index in [9.17, 15) is 31.2 Å². The number of rotatable bonds is 11. The van der Waals surface area contributed by atoms with E-state index < -0.39 is 46.2 Å². The van der Waals surface area contributed by atoms with E-state index in [4.69, 9.17) is 23.2 Å². The summed E-state index contributed by atoms with van der Waals surface area (Å²) < 4.78 is 65.7. The molecule has 38 heavy (non-hydrogen) atoms. The van der Waals surface area contributed by atoms with Crippen molar-refractivity contribution < 1.29 is 31.2 Å². The van der Waals surface area contributed by atoms with Crippen molar-refractivity contribution in [3.8, 4) is 0 Å². The standard InChI is InChI=1S/C25H30Cl2F3N3O4S/c1-5-16(3)31-24(35)22(6-2)32(14-19-20(26)11-8-12-21(19)27)23(34)15-33(38(4,36)37)18-10-7-9-17(13-18)25(28,29)30/h7-13,16,22H,5-6,14-15H2,1-4H3,(H,31,35). The van der Waals surface area contributed by atoms with Crippen LogP contribution in [0.3, 0.4) is 0 Å². The topological polar surface area (TPSA) is 86.8 Å². The summed E-state index contributed by atoms with van der Waals surface area (Å²) in [5.41, 5.74) is -1.08. The second-order valence-electron chi connectivity index (χ2n) is 8.78. The molecule has 0 aliphatic rings. The Balaban J connectivity index is 2.55. The Labute approximate surface area is 230 Å². The zero-order chi connectivity index (χ0) is 28.8. The van der Waals surface area contributed by atoms with Gasteiger partial charge >= 0.3 is 6.18 Å². The van der Waals surface area contributed by atoms with Crippen molar-refractivity contribution in [2.24, 2.45) is 0 Å². The van der Waals surface area contributed by atoms with Crippen LogP contribution >= 0.6 is 23.2 Å². The number of benzene rings is 2. The van der Waals surface area contributed by atoms with Crippen LogP contribution in [-0.4, -0.2) is 50.0 Å². The molecule has 0 bridgehead atoms. The fourth-order valence-electron chi connectivity index (χ4n) is 3.67. The molecule has 7 nitrogen and oxygen atoms in total. The van der Waals surface area contributed by atoms with Gasteiger partial charge in [0.15, 0.2) is 0 Å². The zero-order valence-corrected chi connectivity index (χ0v) is 23.7. The summed E-state index contributed by atoms with van der Waals surface area (Å²) >= 11 is 12.6. The van der Waals surface area contributed by atoms with E-state index in [1.807, 2.05) is 6.92 Å². The highest BCUT2D eigenvalue weighted by Crippen LogP contribution is 2.32. The first-order valence-electron chi connectivity index (χ1n) is 11.8. The Bertz CT molecular complexity index is 1240. The predicted octanol–water partition coefficient (Wildman–Crippen LogP) is 5.50. The Kier molecular flexibility index (Phi) is 10.9. The molecule has 0 saturated heterocycles. The molecule has 0 radical (unpaired) electrons. The number of nitrogens with one attached hydrogen (secondary N) is 1. The van der Waals surface area contributed by atoms with Crippen LogP contribution < -0.4 is 9.62 Å². The number of hydrogen-bond acceptors (Lipinski definition) is 4. The third-order valence-electron chi connectivity index (χ3n) is 5.92. The molecular weight excluding hydrogens is 566 g/mol. The summed E-state index contributed by atoms with van der Waals surface area (Å²) in [5.74, 6) is -1.29. The van der Waals surface area contributed by atoms with Crippen molar-refractivity contribution in [3.05, 3.63) is 63.6 Å². The number of halogens is 5. The molecule has 2 amide bonds. The molecule has 0 spiro atoms. The summed E-state index contributed by atoms with van der Waals surface area (Å²) in [5, 5.41) is 3.27. The van der Waals surface area contributed by atoms with Crippen molar-refractivity contribution in [2.75, 3.05) is 17.1 Å². The molecule has 2 unspecified atom stereocenters. The predicted molar refractivity (Wildman–Crippen MR) is 143 cm³/mol. The number of alkyl halides is 3. The molecule has 0 heterocycles. The van der Waals surface area contributed by atoms with Gasteiger partial charge in [0.05, 0.1) is 17.5 Å². The molecule has 2 rings (SSSR count). The molecule has 1 N–H and O–H groups in total. The third kappa shape index (κ3) is 8.25. The maximum absolute atomic E-state index is 13.7. The number of hydrogen-bond donors (Lipinski definition) is 1. The lowest BCUT2D eigenvalue weighted by Crippen LogP contribution is -2.53. The van der Waals surface area contributed by atoms with E-state index >= 15 is 0 Å². The Morgan fingerprint density at radius 2 is 1.61 bits per heavy atom. The van der Waals surface area contributed by atoms with Crippen LogP contribution in [0.4, 0.5) is 18.9 Å². The number of carbonyl (C=O) groups is 2. The second-order valence-corrected chi connectivity index (χ2v) is 11.5. The molecule has 210 valence electrons. The summed E-state index contributed by atoms with van der Waals surface area (Å²) in [7, 11) is -4.21. The molecular formula is C25H30Cl2F3N3O4S. The van der Waals surface area contributed by atoms with Gasteiger partial charge in [-0.1, -0.05) is 49.2 Å². The van der Waals surface area contributed by atoms with Crippen molar-refractivity contribution in [2.45, 2.75) is 58.4 Å². The molecule has 2 atom stereocenters. The lowest BCUT2D eigenvalue weighted by Gasteiger charge is -2.33. The number of sulfonamides is 1. The minimum atomic E-state index is -4.72. The van der Waals surface area contributed by atoms with Gasteiger partial charge in [0.25, 0.3) is 0 Å². The van der Waals surface area contributed by atoms with Crippen LogP contribution in [0.5, 0.6) is 0 Å². The van der Waals surface area contributed by atoms with E-state index in [0.717, 1.165) is 29.4 Å². The van der Waals surface area contributed by atoms with Crippen molar-refractivity contribution in [1.29, 1.82) is 0 Å². The first-order valence-corrected chi connectivity index (χ1v) is 14.4. The van der Waals surface area contributed by atoms with Crippen LogP contribution in [0.2, 0.25) is 10.0 Å². The highest BCUT2D eigenvalue weighted by molar-refractivity contribution is 7.92. The fraction of sp³-hybridized carbons (Fsp3) is 0.440. The van der Waals surface area contributed by atoms with Gasteiger partial charge in [-0.3, -0.25) is 13.9 Å². The van der Waals surface area contributed by atoms with Gasteiger partial charge in [-0.2, -0.15) is 13.2 Å². The summed E-state index contributed by atoms with van der Waals surface area (Å²) in [6, 6.07) is 7.13. The van der Waals surface area contributed by atoms with Crippen LogP contribution in [0.1, 0.15) is 44.7 Å². The van der Waals surface area contributed by atoms with Gasteiger partial charge in [0.1, 0.15) is 12.6 Å². The maximum atomic E-state index is 13.7. The van der Waals surface area contributed by atoms with E-state index in [1.54, 1.807) is 32.0 Å². The molecule has 0 saturated carbocycles. The Morgan fingerprint density at radius 1 is 1.03 bits per heavy atom. The zero-order valence-electron chi connectivity index (χ0n) is 21.4. The van der Waals surface area contributed by atoms with Crippen molar-refractivity contribution in [1.82, 2.24) is 10.2 Å². The lowest BCUT2D eigenvalue weighted by molar-refractivity contribution is -0.140. The molecule has 13 heteroatoms. The molecule has 2 aromatic rings. The van der Waals surface area contributed by atoms with Gasteiger partial charge in [-0.25, -0.2) is 8.42 Å². The summed E-state index contributed by atoms with van der Waals surface area (Å²) in [4.78, 5) is 28.0. The normalized spacial score (nSPS) is 13.5. The van der Waals surface area contributed by atoms with Gasteiger partial charge < -0.3 is 10.2 Å². The first kappa shape index (κ1) is 31.7. The van der Waals surface area contributed by atoms with E-state index in [1.165, 1.54) is 0 Å². The molecule has 0 aliphatic carbocycles. The summed E-state index contributed by atoms with van der Waals surface area (Å²) in [6.07, 6.45) is -3.15. The minimum Gasteiger partial charge on any atom is -0.352 e. The maximum Gasteiger partial charge on any atom is 0.416 e. The molecule has 0 fully saturated rings. The minimum absolute atomic E-state index is 0.165. The molecule has 0 aromatic heterocycles. The lowest BCUT2D eigenvalue weighted by atomic mass is 10.1. The average Bonchev–Trinajstić information content (AvgIpc) is 2.82. The van der Waals surface area contributed by atoms with Crippen molar-refractivity contribution >= 4 is 50.7 Å². The number of nitrogens with zero attached hydrogens (tertiary/aromatic N) is 2. The number of amides is 2. The monoisotopic (exact) mass is 595 g/mol. The largest absolute Gasteiger partial charge is 0.416 e. The third-order valence-corrected chi connectivity index (χ3v) is 7.77. The van der Waals surface area contributed by atoms with Gasteiger partial charge in [0, 0.05) is 28.2 Å². The Hall–Kier alpha value is -2.50. The molecule has 2 aromatic carbocycles. The fourth-order valence-corrected chi connectivity index (χ4v) is 5.02. The molecule has 0 aliphatic heterocycles.